The fourth-order valence-electron chi connectivity index (χ4n) is 5.19. The summed E-state index contributed by atoms with van der Waals surface area (Å²) >= 11 is 1.37. The molecule has 2 bridgehead atoms. The number of carbonyl (C=O) groups excluding carboxylic acids is 1. The van der Waals surface area contributed by atoms with E-state index in [2.05, 4.69) is 36.3 Å². The zero-order valence-electron chi connectivity index (χ0n) is 17.8. The Bertz CT molecular complexity index is 1160. The minimum atomic E-state index is -0.330. The summed E-state index contributed by atoms with van der Waals surface area (Å²) < 4.78 is 0. The molecule has 1 saturated carbocycles. The van der Waals surface area contributed by atoms with Crippen LogP contribution in [-0.4, -0.2) is 26.3 Å². The SMILES string of the molecule is C[C@@H](Sc1nnc2c(n1)[C@@]1(C)CC[C@H]2C1(C)C)C(=O)Nc1cccc2ccccc12. The predicted molar refractivity (Wildman–Crippen MR) is 121 cm³/mol. The zero-order chi connectivity index (χ0) is 21.1. The third kappa shape index (κ3) is 2.77. The molecule has 154 valence electrons. The topological polar surface area (TPSA) is 67.8 Å². The van der Waals surface area contributed by atoms with Crippen LogP contribution in [0, 0.1) is 5.41 Å². The lowest BCUT2D eigenvalue weighted by atomic mass is 9.70. The highest BCUT2D eigenvalue weighted by atomic mass is 32.2. The van der Waals surface area contributed by atoms with Gasteiger partial charge in [-0.25, -0.2) is 4.98 Å². The number of anilines is 1. The van der Waals surface area contributed by atoms with Crippen LogP contribution in [-0.2, 0) is 10.2 Å². The fourth-order valence-corrected chi connectivity index (χ4v) is 5.91. The summed E-state index contributed by atoms with van der Waals surface area (Å²) in [5.41, 5.74) is 3.16. The molecular weight excluding hydrogens is 392 g/mol. The van der Waals surface area contributed by atoms with Crippen LogP contribution in [0.15, 0.2) is 47.6 Å². The van der Waals surface area contributed by atoms with Gasteiger partial charge in [0.2, 0.25) is 11.1 Å². The second-order valence-electron chi connectivity index (χ2n) is 9.25. The maximum Gasteiger partial charge on any atom is 0.237 e. The normalized spacial score (nSPS) is 24.6. The number of amides is 1. The van der Waals surface area contributed by atoms with E-state index in [1.54, 1.807) is 0 Å². The highest BCUT2D eigenvalue weighted by Gasteiger charge is 2.61. The van der Waals surface area contributed by atoms with E-state index < -0.39 is 0 Å². The standard InChI is InChI=1S/C24H26N4OS/c1-14(21(29)25-18-11-7-9-15-8-5-6-10-16(15)18)30-22-26-20-19(27-28-22)17-12-13-24(20,4)23(17,2)3/h5-11,14,17H,12-13H2,1-4H3,(H,25,29)/t14-,17-,24-/m1/s1. The minimum Gasteiger partial charge on any atom is -0.325 e. The molecule has 1 heterocycles. The third-order valence-electron chi connectivity index (χ3n) is 7.47. The molecule has 3 aromatic rings. The van der Waals surface area contributed by atoms with Gasteiger partial charge in [-0.15, -0.1) is 5.10 Å². The number of nitrogens with one attached hydrogen (secondary N) is 1. The predicted octanol–water partition coefficient (Wildman–Crippen LogP) is 5.32. The first-order chi connectivity index (χ1) is 14.3. The van der Waals surface area contributed by atoms with E-state index >= 15 is 0 Å². The summed E-state index contributed by atoms with van der Waals surface area (Å²) in [7, 11) is 0. The molecule has 6 heteroatoms. The number of benzene rings is 2. The fraction of sp³-hybridized carbons (Fsp3) is 0.417. The molecule has 1 N–H and O–H groups in total. The third-order valence-corrected chi connectivity index (χ3v) is 8.42. The van der Waals surface area contributed by atoms with Crippen LogP contribution in [0.5, 0.6) is 0 Å². The average molecular weight is 419 g/mol. The van der Waals surface area contributed by atoms with Crippen LogP contribution in [0.2, 0.25) is 0 Å². The smallest absolute Gasteiger partial charge is 0.237 e. The monoisotopic (exact) mass is 418 g/mol. The molecule has 2 aliphatic carbocycles. The first-order valence-corrected chi connectivity index (χ1v) is 11.4. The lowest BCUT2D eigenvalue weighted by Crippen LogP contribution is -2.32. The number of rotatable bonds is 4. The van der Waals surface area contributed by atoms with Gasteiger partial charge in [0.15, 0.2) is 0 Å². The number of fused-ring (bicyclic) bond motifs is 6. The van der Waals surface area contributed by atoms with E-state index in [1.807, 2.05) is 49.4 Å². The molecule has 1 fully saturated rings. The van der Waals surface area contributed by atoms with Gasteiger partial charge in [0.05, 0.1) is 16.6 Å². The molecule has 2 aliphatic rings. The summed E-state index contributed by atoms with van der Waals surface area (Å²) in [6.07, 6.45) is 2.29. The molecule has 0 spiro atoms. The molecule has 3 atom stereocenters. The van der Waals surface area contributed by atoms with Gasteiger partial charge in [-0.2, -0.15) is 5.10 Å². The quantitative estimate of drug-likeness (QED) is 0.581. The summed E-state index contributed by atoms with van der Waals surface area (Å²) in [5, 5.41) is 14.4. The molecule has 0 radical (unpaired) electrons. The Balaban J connectivity index is 1.35. The second-order valence-corrected chi connectivity index (χ2v) is 10.6. The second kappa shape index (κ2) is 6.77. The summed E-state index contributed by atoms with van der Waals surface area (Å²) in [4.78, 5) is 17.8. The number of thioether (sulfide) groups is 1. The van der Waals surface area contributed by atoms with Gasteiger partial charge in [-0.05, 0) is 36.6 Å². The van der Waals surface area contributed by atoms with Crippen LogP contribution in [0.1, 0.15) is 57.8 Å². The molecule has 0 saturated heterocycles. The Morgan fingerprint density at radius 3 is 2.73 bits per heavy atom. The van der Waals surface area contributed by atoms with Gasteiger partial charge in [0.25, 0.3) is 0 Å². The van der Waals surface area contributed by atoms with Crippen LogP contribution in [0.25, 0.3) is 10.8 Å². The van der Waals surface area contributed by atoms with Crippen molar-refractivity contribution in [2.24, 2.45) is 5.41 Å². The highest BCUT2D eigenvalue weighted by Crippen LogP contribution is 2.66. The number of aromatic nitrogens is 3. The van der Waals surface area contributed by atoms with Gasteiger partial charge in [-0.1, -0.05) is 68.9 Å². The van der Waals surface area contributed by atoms with Gasteiger partial charge >= 0.3 is 0 Å². The Morgan fingerprint density at radius 2 is 1.90 bits per heavy atom. The van der Waals surface area contributed by atoms with E-state index in [4.69, 9.17) is 4.98 Å². The van der Waals surface area contributed by atoms with Crippen molar-refractivity contribution in [3.05, 3.63) is 53.9 Å². The molecule has 1 amide bonds. The van der Waals surface area contributed by atoms with E-state index in [0.717, 1.165) is 40.7 Å². The van der Waals surface area contributed by atoms with E-state index in [-0.39, 0.29) is 22.0 Å². The number of hydrogen-bond donors (Lipinski definition) is 1. The Labute approximate surface area is 181 Å². The molecule has 5 rings (SSSR count). The largest absolute Gasteiger partial charge is 0.325 e. The Morgan fingerprint density at radius 1 is 1.13 bits per heavy atom. The maximum absolute atomic E-state index is 12.9. The van der Waals surface area contributed by atoms with Crippen LogP contribution < -0.4 is 5.32 Å². The van der Waals surface area contributed by atoms with Crippen molar-refractivity contribution in [1.82, 2.24) is 15.2 Å². The molecule has 5 nitrogen and oxygen atoms in total. The summed E-state index contributed by atoms with van der Waals surface area (Å²) in [6, 6.07) is 14.0. The number of hydrogen-bond acceptors (Lipinski definition) is 5. The van der Waals surface area contributed by atoms with E-state index in [9.17, 15) is 4.79 Å². The van der Waals surface area contributed by atoms with Gasteiger partial charge in [0, 0.05) is 22.4 Å². The van der Waals surface area contributed by atoms with Gasteiger partial charge in [0.1, 0.15) is 0 Å². The van der Waals surface area contributed by atoms with Gasteiger partial charge in [-0.3, -0.25) is 4.79 Å². The number of carbonyl (C=O) groups is 1. The van der Waals surface area contributed by atoms with Gasteiger partial charge < -0.3 is 5.32 Å². The first kappa shape index (κ1) is 19.5. The number of nitrogens with zero attached hydrogens (tertiary/aromatic N) is 3. The van der Waals surface area contributed by atoms with Crippen molar-refractivity contribution in [2.45, 2.75) is 62.3 Å². The minimum absolute atomic E-state index is 0.0344. The van der Waals surface area contributed by atoms with Crippen molar-refractivity contribution in [3.63, 3.8) is 0 Å². The average Bonchev–Trinajstić information content (AvgIpc) is 3.06. The van der Waals surface area contributed by atoms with Crippen LogP contribution >= 0.6 is 11.8 Å². The molecule has 0 unspecified atom stereocenters. The van der Waals surface area contributed by atoms with Crippen LogP contribution in [0.3, 0.4) is 0 Å². The molecular formula is C24H26N4OS. The lowest BCUT2D eigenvalue weighted by molar-refractivity contribution is -0.115. The Kier molecular flexibility index (Phi) is 4.40. The van der Waals surface area contributed by atoms with E-state index in [0.29, 0.717) is 11.1 Å². The zero-order valence-corrected chi connectivity index (χ0v) is 18.6. The highest BCUT2D eigenvalue weighted by molar-refractivity contribution is 8.00. The van der Waals surface area contributed by atoms with Crippen molar-refractivity contribution in [2.75, 3.05) is 5.32 Å². The van der Waals surface area contributed by atoms with Crippen molar-refractivity contribution in [1.29, 1.82) is 0 Å². The molecule has 0 aliphatic heterocycles. The van der Waals surface area contributed by atoms with E-state index in [1.165, 1.54) is 11.8 Å². The Hall–Kier alpha value is -2.47. The summed E-state index contributed by atoms with van der Waals surface area (Å²) in [5.74, 6) is 0.372. The molecule has 2 aromatic carbocycles. The van der Waals surface area contributed by atoms with Crippen molar-refractivity contribution < 1.29 is 4.79 Å². The molecule has 30 heavy (non-hydrogen) atoms. The van der Waals surface area contributed by atoms with Crippen molar-refractivity contribution in [3.8, 4) is 0 Å². The first-order valence-electron chi connectivity index (χ1n) is 10.5. The van der Waals surface area contributed by atoms with Crippen molar-refractivity contribution >= 4 is 34.1 Å². The van der Waals surface area contributed by atoms with Crippen LogP contribution in [0.4, 0.5) is 5.69 Å². The summed E-state index contributed by atoms with van der Waals surface area (Å²) in [6.45, 7) is 8.83. The lowest BCUT2D eigenvalue weighted by Gasteiger charge is -2.34. The maximum atomic E-state index is 12.9. The molecule has 1 aromatic heterocycles.